The molecular weight excluding hydrogens is 198 g/mol. The van der Waals surface area contributed by atoms with Gasteiger partial charge in [0, 0.05) is 12.6 Å². The number of hydrogen-bond donors (Lipinski definition) is 1. The Kier molecular flexibility index (Phi) is 5.11. The summed E-state index contributed by atoms with van der Waals surface area (Å²) in [6.07, 6.45) is 11.4. The van der Waals surface area contributed by atoms with Crippen molar-refractivity contribution in [3.8, 4) is 0 Å². The van der Waals surface area contributed by atoms with E-state index in [1.807, 2.05) is 0 Å². The van der Waals surface area contributed by atoms with Crippen LogP contribution in [-0.4, -0.2) is 25.3 Å². The monoisotopic (exact) mass is 225 g/mol. The molecule has 0 aromatic carbocycles. The van der Waals surface area contributed by atoms with Crippen molar-refractivity contribution >= 4 is 0 Å². The molecule has 0 aromatic heterocycles. The van der Waals surface area contributed by atoms with Gasteiger partial charge in [0.25, 0.3) is 0 Å². The number of ether oxygens (including phenoxy) is 1. The summed E-state index contributed by atoms with van der Waals surface area (Å²) in [6, 6.07) is 0.775. The lowest BCUT2D eigenvalue weighted by atomic mass is 10.00. The zero-order chi connectivity index (χ0) is 11.2. The van der Waals surface area contributed by atoms with Crippen LogP contribution < -0.4 is 5.32 Å². The Hall–Kier alpha value is -0.0800. The SMILES string of the molecule is CCNC1CCCC1CCOC1CCCC1. The standard InChI is InChI=1S/C14H27NO/c1-2-15-14-9-5-6-12(14)10-11-16-13-7-3-4-8-13/h12-15H,2-11H2,1H3. The van der Waals surface area contributed by atoms with E-state index in [9.17, 15) is 0 Å². The van der Waals surface area contributed by atoms with Crippen LogP contribution in [0.4, 0.5) is 0 Å². The molecule has 0 aromatic rings. The lowest BCUT2D eigenvalue weighted by Gasteiger charge is -2.21. The Balaban J connectivity index is 1.60. The summed E-state index contributed by atoms with van der Waals surface area (Å²) >= 11 is 0. The Labute approximate surface area is 100 Å². The molecule has 0 aliphatic heterocycles. The fourth-order valence-electron chi connectivity index (χ4n) is 3.35. The summed E-state index contributed by atoms with van der Waals surface area (Å²) in [6.45, 7) is 4.33. The molecule has 2 heteroatoms. The summed E-state index contributed by atoms with van der Waals surface area (Å²) in [5.41, 5.74) is 0. The first kappa shape index (κ1) is 12.4. The van der Waals surface area contributed by atoms with Crippen LogP contribution in [0.3, 0.4) is 0 Å². The van der Waals surface area contributed by atoms with E-state index in [2.05, 4.69) is 12.2 Å². The zero-order valence-electron chi connectivity index (χ0n) is 10.7. The summed E-state index contributed by atoms with van der Waals surface area (Å²) in [5, 5.41) is 3.62. The van der Waals surface area contributed by atoms with E-state index < -0.39 is 0 Å². The van der Waals surface area contributed by atoms with E-state index >= 15 is 0 Å². The molecule has 2 aliphatic carbocycles. The summed E-state index contributed by atoms with van der Waals surface area (Å²) in [4.78, 5) is 0. The highest BCUT2D eigenvalue weighted by Gasteiger charge is 2.26. The highest BCUT2D eigenvalue weighted by molar-refractivity contribution is 4.82. The van der Waals surface area contributed by atoms with Gasteiger partial charge in [-0.05, 0) is 44.6 Å². The first-order valence-electron chi connectivity index (χ1n) is 7.25. The van der Waals surface area contributed by atoms with Crippen LogP contribution >= 0.6 is 0 Å². The van der Waals surface area contributed by atoms with E-state index in [1.165, 1.54) is 51.4 Å². The van der Waals surface area contributed by atoms with Crippen LogP contribution in [0.25, 0.3) is 0 Å². The Morgan fingerprint density at radius 1 is 1.06 bits per heavy atom. The van der Waals surface area contributed by atoms with E-state index in [-0.39, 0.29) is 0 Å². The van der Waals surface area contributed by atoms with Gasteiger partial charge in [-0.1, -0.05) is 26.2 Å². The summed E-state index contributed by atoms with van der Waals surface area (Å²) < 4.78 is 5.96. The molecule has 0 saturated heterocycles. The van der Waals surface area contributed by atoms with Crippen molar-refractivity contribution in [1.29, 1.82) is 0 Å². The van der Waals surface area contributed by atoms with Crippen LogP contribution in [0.5, 0.6) is 0 Å². The molecule has 16 heavy (non-hydrogen) atoms. The Morgan fingerprint density at radius 3 is 2.62 bits per heavy atom. The van der Waals surface area contributed by atoms with Crippen molar-refractivity contribution in [2.45, 2.75) is 70.4 Å². The molecule has 2 saturated carbocycles. The second-order valence-corrected chi connectivity index (χ2v) is 5.42. The van der Waals surface area contributed by atoms with Gasteiger partial charge in [0.05, 0.1) is 6.10 Å². The number of nitrogens with one attached hydrogen (secondary N) is 1. The first-order valence-corrected chi connectivity index (χ1v) is 7.25. The van der Waals surface area contributed by atoms with E-state index in [0.717, 1.165) is 25.1 Å². The average molecular weight is 225 g/mol. The molecule has 0 radical (unpaired) electrons. The smallest absolute Gasteiger partial charge is 0.0575 e. The molecule has 1 N–H and O–H groups in total. The fraction of sp³-hybridized carbons (Fsp3) is 1.00. The molecule has 0 heterocycles. The third-order valence-electron chi connectivity index (χ3n) is 4.27. The molecular formula is C14H27NO. The lowest BCUT2D eigenvalue weighted by molar-refractivity contribution is 0.0478. The van der Waals surface area contributed by atoms with Gasteiger partial charge in [0.2, 0.25) is 0 Å². The summed E-state index contributed by atoms with van der Waals surface area (Å²) in [7, 11) is 0. The normalized spacial score (nSPS) is 31.3. The highest BCUT2D eigenvalue weighted by atomic mass is 16.5. The molecule has 2 nitrogen and oxygen atoms in total. The molecule has 2 rings (SSSR count). The zero-order valence-corrected chi connectivity index (χ0v) is 10.7. The van der Waals surface area contributed by atoms with Gasteiger partial charge in [-0.2, -0.15) is 0 Å². The molecule has 0 bridgehead atoms. The number of hydrogen-bond acceptors (Lipinski definition) is 2. The van der Waals surface area contributed by atoms with Crippen LogP contribution in [-0.2, 0) is 4.74 Å². The van der Waals surface area contributed by atoms with Crippen molar-refractivity contribution in [3.63, 3.8) is 0 Å². The van der Waals surface area contributed by atoms with Gasteiger partial charge >= 0.3 is 0 Å². The van der Waals surface area contributed by atoms with Gasteiger partial charge in [0.1, 0.15) is 0 Å². The molecule has 0 spiro atoms. The van der Waals surface area contributed by atoms with Gasteiger partial charge in [-0.15, -0.1) is 0 Å². The maximum Gasteiger partial charge on any atom is 0.0575 e. The quantitative estimate of drug-likeness (QED) is 0.750. The molecule has 2 atom stereocenters. The van der Waals surface area contributed by atoms with Gasteiger partial charge < -0.3 is 10.1 Å². The van der Waals surface area contributed by atoms with Gasteiger partial charge in [-0.25, -0.2) is 0 Å². The van der Waals surface area contributed by atoms with Crippen molar-refractivity contribution in [2.75, 3.05) is 13.2 Å². The third-order valence-corrected chi connectivity index (χ3v) is 4.27. The van der Waals surface area contributed by atoms with Crippen molar-refractivity contribution in [1.82, 2.24) is 5.32 Å². The minimum Gasteiger partial charge on any atom is -0.378 e. The maximum atomic E-state index is 5.96. The van der Waals surface area contributed by atoms with E-state index in [0.29, 0.717) is 6.10 Å². The van der Waals surface area contributed by atoms with Crippen molar-refractivity contribution < 1.29 is 4.74 Å². The lowest BCUT2D eigenvalue weighted by Crippen LogP contribution is -2.32. The van der Waals surface area contributed by atoms with Crippen molar-refractivity contribution in [2.24, 2.45) is 5.92 Å². The topological polar surface area (TPSA) is 21.3 Å². The second kappa shape index (κ2) is 6.61. The van der Waals surface area contributed by atoms with Crippen LogP contribution in [0.15, 0.2) is 0 Å². The van der Waals surface area contributed by atoms with E-state index in [4.69, 9.17) is 4.74 Å². The maximum absolute atomic E-state index is 5.96. The minimum absolute atomic E-state index is 0.596. The second-order valence-electron chi connectivity index (χ2n) is 5.42. The van der Waals surface area contributed by atoms with E-state index in [1.54, 1.807) is 0 Å². The molecule has 94 valence electrons. The predicted molar refractivity (Wildman–Crippen MR) is 67.6 cm³/mol. The van der Waals surface area contributed by atoms with Crippen LogP contribution in [0.2, 0.25) is 0 Å². The van der Waals surface area contributed by atoms with Crippen LogP contribution in [0.1, 0.15) is 58.3 Å². The third kappa shape index (κ3) is 3.46. The Morgan fingerprint density at radius 2 is 1.88 bits per heavy atom. The predicted octanol–water partition coefficient (Wildman–Crippen LogP) is 3.11. The highest BCUT2D eigenvalue weighted by Crippen LogP contribution is 2.29. The molecule has 2 aliphatic rings. The Bertz CT molecular complexity index is 189. The molecule has 0 amide bonds. The van der Waals surface area contributed by atoms with Crippen LogP contribution in [0, 0.1) is 5.92 Å². The molecule has 2 fully saturated rings. The van der Waals surface area contributed by atoms with Gasteiger partial charge in [-0.3, -0.25) is 0 Å². The number of rotatable bonds is 6. The average Bonchev–Trinajstić information content (AvgIpc) is 2.91. The minimum atomic E-state index is 0.596. The summed E-state index contributed by atoms with van der Waals surface area (Å²) in [5.74, 6) is 0.876. The van der Waals surface area contributed by atoms with Gasteiger partial charge in [0.15, 0.2) is 0 Å². The largest absolute Gasteiger partial charge is 0.378 e. The van der Waals surface area contributed by atoms with Crippen molar-refractivity contribution in [3.05, 3.63) is 0 Å². The first-order chi connectivity index (χ1) is 7.90. The molecule has 2 unspecified atom stereocenters. The fourth-order valence-corrected chi connectivity index (χ4v) is 3.35.